The summed E-state index contributed by atoms with van der Waals surface area (Å²) in [7, 11) is 0. The number of rotatable bonds is 47. The maximum Gasteiger partial charge on any atom is 0.246 e. The van der Waals surface area contributed by atoms with Gasteiger partial charge < -0.3 is 85.1 Å². The van der Waals surface area contributed by atoms with Crippen LogP contribution in [0.5, 0.6) is 0 Å². The van der Waals surface area contributed by atoms with Gasteiger partial charge in [-0.1, -0.05) is 197 Å². The lowest BCUT2D eigenvalue weighted by Crippen LogP contribution is -2.66. The highest BCUT2D eigenvalue weighted by molar-refractivity contribution is 5.96. The van der Waals surface area contributed by atoms with Gasteiger partial charge in [0, 0.05) is 192 Å². The van der Waals surface area contributed by atoms with Crippen molar-refractivity contribution >= 4 is 65.0 Å². The second-order valence-electron chi connectivity index (χ2n) is 38.6. The molecule has 0 saturated carbocycles. The first-order valence-electron chi connectivity index (χ1n) is 41.6. The average Bonchev–Trinajstić information content (AvgIpc) is 0.840. The fourth-order valence-electron chi connectivity index (χ4n) is 8.71. The molecule has 16 N–H and O–H groups in total. The van der Waals surface area contributed by atoms with Crippen LogP contribution in [0.2, 0.25) is 0 Å². The predicted molar refractivity (Wildman–Crippen MR) is 504 cm³/mol. The van der Waals surface area contributed by atoms with E-state index in [0.717, 1.165) is 65.3 Å². The molecule has 0 aromatic rings. The zero-order chi connectivity index (χ0) is 95.8. The van der Waals surface area contributed by atoms with Crippen molar-refractivity contribution in [3.63, 3.8) is 0 Å². The minimum absolute atomic E-state index is 0.0455. The van der Waals surface area contributed by atoms with E-state index in [-0.39, 0.29) is 118 Å². The second kappa shape index (κ2) is 63.1. The minimum Gasteiger partial charge on any atom is -0.352 e. The van der Waals surface area contributed by atoms with E-state index in [4.69, 9.17) is 0 Å². The van der Waals surface area contributed by atoms with E-state index in [0.29, 0.717) is 131 Å². The monoisotopic (exact) mass is 1700 g/mol. The highest BCUT2D eigenvalue weighted by atomic mass is 16.2. The lowest BCUT2D eigenvalue weighted by Gasteiger charge is -2.38. The fraction of sp³-hybridized carbons (Fsp3) is 0.645. The van der Waals surface area contributed by atoms with Gasteiger partial charge in [0.1, 0.15) is 0 Å². The van der Waals surface area contributed by atoms with Crippen LogP contribution in [0.3, 0.4) is 0 Å². The molecule has 0 aliphatic heterocycles. The predicted octanol–water partition coefficient (Wildman–Crippen LogP) is 8.93. The Bertz CT molecular complexity index is 3280. The number of carbonyl (C=O) groups excluding carboxylic acids is 11. The number of nitrogens with one attached hydrogen (secondary N) is 16. The van der Waals surface area contributed by atoms with Crippen molar-refractivity contribution in [1.29, 1.82) is 0 Å². The van der Waals surface area contributed by atoms with Crippen molar-refractivity contribution in [2.75, 3.05) is 137 Å². The molecule has 0 spiro atoms. The van der Waals surface area contributed by atoms with E-state index in [1.165, 1.54) is 0 Å². The van der Waals surface area contributed by atoms with Crippen LogP contribution < -0.4 is 85.1 Å². The maximum atomic E-state index is 12.0. The molecule has 28 nitrogen and oxygen atoms in total. The first-order valence-corrected chi connectivity index (χ1v) is 41.6. The van der Waals surface area contributed by atoms with Gasteiger partial charge in [0.15, 0.2) is 0 Å². The van der Waals surface area contributed by atoms with Gasteiger partial charge in [-0.15, -0.1) is 0 Å². The fourth-order valence-corrected chi connectivity index (χ4v) is 8.71. The Morgan fingerprint density at radius 3 is 0.793 bits per heavy atom. The Labute approximate surface area is 732 Å². The van der Waals surface area contributed by atoms with Crippen LogP contribution in [0.4, 0.5) is 0 Å². The number of hydrogen-bond donors (Lipinski definition) is 16. The zero-order valence-electron chi connectivity index (χ0n) is 80.9. The molecule has 0 saturated heterocycles. The Morgan fingerprint density at radius 1 is 0.248 bits per heavy atom. The van der Waals surface area contributed by atoms with Gasteiger partial charge in [0.25, 0.3) is 0 Å². The van der Waals surface area contributed by atoms with Crippen LogP contribution in [-0.2, 0) is 52.7 Å². The molecule has 0 rings (SSSR count). The van der Waals surface area contributed by atoms with Crippen molar-refractivity contribution in [2.45, 2.75) is 225 Å². The summed E-state index contributed by atoms with van der Waals surface area (Å²) in [5.74, 6) is -2.00. The summed E-state index contributed by atoms with van der Waals surface area (Å²) in [6, 6.07) is -0.240. The molecule has 28 heteroatoms. The largest absolute Gasteiger partial charge is 0.352 e. The van der Waals surface area contributed by atoms with Gasteiger partial charge in [-0.3, -0.25) is 57.6 Å². The minimum atomic E-state index is -0.811. The van der Waals surface area contributed by atoms with Crippen molar-refractivity contribution in [2.24, 2.45) is 32.5 Å². The summed E-state index contributed by atoms with van der Waals surface area (Å²) in [5.41, 5.74) is 5.27. The van der Waals surface area contributed by atoms with E-state index < -0.39 is 5.54 Å². The van der Waals surface area contributed by atoms with Crippen molar-refractivity contribution in [3.05, 3.63) is 134 Å². The van der Waals surface area contributed by atoms with Crippen LogP contribution in [0.1, 0.15) is 207 Å². The molecule has 1 unspecified atom stereocenters. The lowest BCUT2D eigenvalue weighted by atomic mass is 9.92. The summed E-state index contributed by atoms with van der Waals surface area (Å²) in [5, 5.41) is 47.6. The average molecular weight is 1700 g/mol. The standard InChI is InChI=1S/C21H36N4O3.C17H31N3O2.2C16H29N3O2.C12H24N2O.C11H22N2O/c1-14(2)17(26)22-11-21(25-10-20(7,8)9,12-23-18(27)15(3)4)13-24-19(28)16(5)6;1-13(2)15(21)18-8-10-20(12-17(5,6)7)11-9-19-16(22)14(3)4;1-11(2)14(20)17-8-13(19-10-16(5,6)7)9-18-15(21)12(3)4;1-11(2)14(20)18-9-13(19-15(21)12(3)4)8-17-10-16(5,6)7;1-10(2)11(15)14-8-6-7-13-9-12(3,4)5;1-9(2)10(14)13-7-6-12-8-11(3,4)5/h25H,1,3,5,10-13H2,2,4,6-9H3,(H,22,26)(H,23,27)(H,24,28);1,3,8-12H2,2,4-7H3,(H,18,21)(H,19,22);13,19H,1,3,8-10H2,2,4-7H3,(H,17,20)(H,18,21);13,17H,1,3,8-10H2,2,4-7H3,(H,18,20)(H,19,21);13H,1,6-9H2,2-5H3,(H,14,15);12H,1,6-8H2,2-5H3,(H,13,14). The van der Waals surface area contributed by atoms with Crippen molar-refractivity contribution < 1.29 is 52.7 Å². The molecular weight excluding hydrogens is 1530 g/mol. The van der Waals surface area contributed by atoms with Gasteiger partial charge in [-0.05, 0) is 128 Å². The third kappa shape index (κ3) is 80.6. The number of amides is 11. The summed E-state index contributed by atoms with van der Waals surface area (Å²) in [6.45, 7) is 110. The van der Waals surface area contributed by atoms with E-state index in [9.17, 15) is 52.7 Å². The number of nitrogens with zero attached hydrogens (tertiary/aromatic N) is 1. The summed E-state index contributed by atoms with van der Waals surface area (Å²) >= 11 is 0. The van der Waals surface area contributed by atoms with Crippen molar-refractivity contribution in [1.82, 2.24) is 90.0 Å². The maximum absolute atomic E-state index is 12.0. The molecule has 0 aromatic heterocycles. The normalized spacial score (nSPS) is 11.4. The molecule has 0 radical (unpaired) electrons. The van der Waals surface area contributed by atoms with E-state index in [1.54, 1.807) is 76.2 Å². The molecule has 121 heavy (non-hydrogen) atoms. The van der Waals surface area contributed by atoms with Crippen molar-refractivity contribution in [3.8, 4) is 0 Å². The lowest BCUT2D eigenvalue weighted by molar-refractivity contribution is -0.119. The first-order chi connectivity index (χ1) is 54.9. The third-order valence-electron chi connectivity index (χ3n) is 15.7. The van der Waals surface area contributed by atoms with Gasteiger partial charge in [-0.2, -0.15) is 0 Å². The molecular formula is C93H171N17O11. The van der Waals surface area contributed by atoms with Gasteiger partial charge in [0.2, 0.25) is 65.0 Å². The van der Waals surface area contributed by atoms with Gasteiger partial charge in [-0.25, -0.2) is 0 Å². The molecule has 1 atom stereocenters. The Kier molecular flexibility index (Phi) is 64.1. The van der Waals surface area contributed by atoms with E-state index in [2.05, 4.69) is 287 Å². The highest BCUT2D eigenvalue weighted by Gasteiger charge is 2.34. The summed E-state index contributed by atoms with van der Waals surface area (Å²) in [6.07, 6.45) is 0.953. The molecule has 0 aromatic carbocycles. The topological polar surface area (TPSA) is 383 Å². The molecule has 0 fully saturated rings. The molecule has 0 bridgehead atoms. The smallest absolute Gasteiger partial charge is 0.246 e. The number of carbonyl (C=O) groups is 11. The zero-order valence-corrected chi connectivity index (χ0v) is 80.9. The van der Waals surface area contributed by atoms with Gasteiger partial charge >= 0.3 is 0 Å². The Hall–Kier alpha value is -8.93. The van der Waals surface area contributed by atoms with E-state index >= 15 is 0 Å². The Balaban J connectivity index is -0.000000332. The molecule has 694 valence electrons. The van der Waals surface area contributed by atoms with Crippen LogP contribution in [0, 0.1) is 32.5 Å². The van der Waals surface area contributed by atoms with Crippen LogP contribution in [-0.4, -0.2) is 225 Å². The highest BCUT2D eigenvalue weighted by Crippen LogP contribution is 2.17. The van der Waals surface area contributed by atoms with Crippen LogP contribution in [0.25, 0.3) is 0 Å². The third-order valence-corrected chi connectivity index (χ3v) is 15.7. The second-order valence-corrected chi connectivity index (χ2v) is 38.6. The van der Waals surface area contributed by atoms with Crippen LogP contribution >= 0.6 is 0 Å². The molecule has 0 heterocycles. The SMILES string of the molecule is C=C(C)C(=O)NCC(CNC(=O)C(=C)C)(CNC(=O)C(=C)C)NCC(C)(C)C.C=C(C)C(=O)NCC(CNC(=O)C(=C)C)NCC(C)(C)C.C=C(C)C(=O)NCC(CNCC(C)(C)C)NC(=O)C(=C)C.C=C(C)C(=O)NCCCNCC(C)(C)C.C=C(C)C(=O)NCCN(CCNC(=O)C(=C)C)CC(C)(C)C.C=C(C)C(=O)NCCNCC(C)(C)C. The van der Waals surface area contributed by atoms with Gasteiger partial charge in [0.05, 0.1) is 11.6 Å². The van der Waals surface area contributed by atoms with E-state index in [1.807, 2.05) is 0 Å². The number of hydrogen-bond acceptors (Lipinski definition) is 17. The molecule has 0 aliphatic carbocycles. The summed E-state index contributed by atoms with van der Waals surface area (Å²) < 4.78 is 0. The first kappa shape index (κ1) is 123. The quantitative estimate of drug-likeness (QED) is 0.0200. The molecule has 0 aliphatic rings. The molecule has 11 amide bonds. The Morgan fingerprint density at radius 2 is 0.504 bits per heavy atom. The van der Waals surface area contributed by atoms with Crippen LogP contribution in [0.15, 0.2) is 134 Å². The summed E-state index contributed by atoms with van der Waals surface area (Å²) in [4.78, 5) is 130.